The van der Waals surface area contributed by atoms with E-state index in [1.807, 2.05) is 19.9 Å². The Morgan fingerprint density at radius 1 is 1.21 bits per heavy atom. The summed E-state index contributed by atoms with van der Waals surface area (Å²) in [5, 5.41) is 6.31. The van der Waals surface area contributed by atoms with E-state index >= 15 is 0 Å². The Morgan fingerprint density at radius 3 is 2.79 bits per heavy atom. The van der Waals surface area contributed by atoms with Gasteiger partial charge in [-0.15, -0.1) is 0 Å². The van der Waals surface area contributed by atoms with Crippen molar-refractivity contribution in [2.45, 2.75) is 39.6 Å². The summed E-state index contributed by atoms with van der Waals surface area (Å²) in [6.45, 7) is 6.27. The van der Waals surface area contributed by atoms with Gasteiger partial charge in [-0.3, -0.25) is 4.79 Å². The van der Waals surface area contributed by atoms with Crippen molar-refractivity contribution in [3.8, 4) is 5.75 Å². The van der Waals surface area contributed by atoms with Crippen molar-refractivity contribution in [2.75, 3.05) is 0 Å². The first-order valence-corrected chi connectivity index (χ1v) is 8.87. The van der Waals surface area contributed by atoms with Crippen molar-refractivity contribution in [1.82, 2.24) is 10.6 Å². The van der Waals surface area contributed by atoms with Crippen LogP contribution in [0.25, 0.3) is 0 Å². The number of ether oxygens (including phenoxy) is 1. The highest BCUT2D eigenvalue weighted by Gasteiger charge is 2.12. The number of halogens is 1. The summed E-state index contributed by atoms with van der Waals surface area (Å²) in [4.78, 5) is 12.4. The molecule has 0 unspecified atom stereocenters. The second kappa shape index (κ2) is 7.36. The monoisotopic (exact) mass is 388 g/mol. The molecule has 3 rings (SSSR count). The molecule has 2 aromatic carbocycles. The number of hydrogen-bond acceptors (Lipinski definition) is 3. The van der Waals surface area contributed by atoms with Crippen LogP contribution in [0, 0.1) is 0 Å². The fraction of sp³-hybridized carbons (Fsp3) is 0.316. The molecule has 0 saturated carbocycles. The lowest BCUT2D eigenvalue weighted by Gasteiger charge is -2.12. The van der Waals surface area contributed by atoms with Gasteiger partial charge in [0.1, 0.15) is 5.75 Å². The zero-order chi connectivity index (χ0) is 17.1. The Balaban J connectivity index is 1.67. The van der Waals surface area contributed by atoms with Crippen LogP contribution in [0.3, 0.4) is 0 Å². The predicted octanol–water partition coefficient (Wildman–Crippen LogP) is 3.77. The quantitative estimate of drug-likeness (QED) is 0.819. The number of carbonyl (C=O) groups excluding carboxylic acids is 1. The second-order valence-corrected chi connectivity index (χ2v) is 7.15. The summed E-state index contributed by atoms with van der Waals surface area (Å²) in [7, 11) is 0. The highest BCUT2D eigenvalue weighted by molar-refractivity contribution is 9.10. The molecule has 0 spiro atoms. The van der Waals surface area contributed by atoms with Gasteiger partial charge in [0.05, 0.1) is 6.10 Å². The van der Waals surface area contributed by atoms with Crippen LogP contribution >= 0.6 is 15.9 Å². The van der Waals surface area contributed by atoms with Gasteiger partial charge in [-0.1, -0.05) is 34.1 Å². The second-order valence-electron chi connectivity index (χ2n) is 6.23. The number of carbonyl (C=O) groups is 1. The molecule has 0 atom stereocenters. The Kier molecular flexibility index (Phi) is 5.21. The van der Waals surface area contributed by atoms with Crippen molar-refractivity contribution in [1.29, 1.82) is 0 Å². The summed E-state index contributed by atoms with van der Waals surface area (Å²) in [6.07, 6.45) is 0.0650. The Hall–Kier alpha value is -1.85. The number of benzene rings is 2. The summed E-state index contributed by atoms with van der Waals surface area (Å²) < 4.78 is 6.51. The van der Waals surface area contributed by atoms with Crippen LogP contribution in [0.4, 0.5) is 0 Å². The Morgan fingerprint density at radius 2 is 2.00 bits per heavy atom. The first kappa shape index (κ1) is 17.0. The molecule has 4 nitrogen and oxygen atoms in total. The Bertz CT molecular complexity index is 759. The number of nitrogens with one attached hydrogen (secondary N) is 2. The van der Waals surface area contributed by atoms with Crippen LogP contribution in [-0.4, -0.2) is 12.0 Å². The van der Waals surface area contributed by atoms with Crippen LogP contribution in [0.2, 0.25) is 0 Å². The van der Waals surface area contributed by atoms with E-state index in [9.17, 15) is 4.79 Å². The van der Waals surface area contributed by atoms with Gasteiger partial charge in [0.25, 0.3) is 5.91 Å². The molecular formula is C19H21BrN2O2. The summed E-state index contributed by atoms with van der Waals surface area (Å²) >= 11 is 3.43. The van der Waals surface area contributed by atoms with Crippen molar-refractivity contribution in [2.24, 2.45) is 0 Å². The predicted molar refractivity (Wildman–Crippen MR) is 98.1 cm³/mol. The lowest BCUT2D eigenvalue weighted by Crippen LogP contribution is -2.23. The molecule has 2 N–H and O–H groups in total. The molecule has 0 aromatic heterocycles. The van der Waals surface area contributed by atoms with Gasteiger partial charge < -0.3 is 15.4 Å². The molecule has 1 amide bonds. The maximum atomic E-state index is 12.4. The molecule has 5 heteroatoms. The van der Waals surface area contributed by atoms with E-state index in [1.54, 1.807) is 12.1 Å². The van der Waals surface area contributed by atoms with Crippen LogP contribution in [0.1, 0.15) is 40.9 Å². The van der Waals surface area contributed by atoms with Crippen LogP contribution in [0.15, 0.2) is 40.9 Å². The molecule has 0 fully saturated rings. The molecule has 126 valence electrons. The molecular weight excluding hydrogens is 368 g/mol. The van der Waals surface area contributed by atoms with E-state index in [0.29, 0.717) is 17.9 Å². The van der Waals surface area contributed by atoms with Gasteiger partial charge in [0, 0.05) is 29.7 Å². The van der Waals surface area contributed by atoms with Gasteiger partial charge in [0.2, 0.25) is 0 Å². The van der Waals surface area contributed by atoms with E-state index < -0.39 is 0 Å². The third-order valence-corrected chi connectivity index (χ3v) is 4.32. The molecule has 24 heavy (non-hydrogen) atoms. The summed E-state index contributed by atoms with van der Waals surface area (Å²) in [5.41, 5.74) is 4.35. The average molecular weight is 389 g/mol. The SMILES string of the molecule is CC(C)Oc1cc(Br)cc(C(=O)NCc2ccc3c(c2)CNC3)c1. The zero-order valence-electron chi connectivity index (χ0n) is 13.9. The molecule has 0 aliphatic carbocycles. The van der Waals surface area contributed by atoms with Crippen LogP contribution in [0.5, 0.6) is 5.75 Å². The topological polar surface area (TPSA) is 50.4 Å². The molecule has 1 aliphatic heterocycles. The van der Waals surface area contributed by atoms with E-state index in [1.165, 1.54) is 11.1 Å². The molecule has 0 bridgehead atoms. The molecule has 1 heterocycles. The van der Waals surface area contributed by atoms with Crippen LogP contribution in [-0.2, 0) is 19.6 Å². The first-order valence-electron chi connectivity index (χ1n) is 8.08. The molecule has 2 aromatic rings. The highest BCUT2D eigenvalue weighted by atomic mass is 79.9. The summed E-state index contributed by atoms with van der Waals surface area (Å²) in [6, 6.07) is 11.8. The van der Waals surface area contributed by atoms with Gasteiger partial charge in [-0.05, 0) is 48.7 Å². The minimum Gasteiger partial charge on any atom is -0.491 e. The van der Waals surface area contributed by atoms with Crippen molar-refractivity contribution in [3.05, 3.63) is 63.1 Å². The first-order chi connectivity index (χ1) is 11.5. The minimum atomic E-state index is -0.108. The van der Waals surface area contributed by atoms with E-state index in [2.05, 4.69) is 44.8 Å². The highest BCUT2D eigenvalue weighted by Crippen LogP contribution is 2.23. The van der Waals surface area contributed by atoms with E-state index in [0.717, 1.165) is 23.1 Å². The van der Waals surface area contributed by atoms with Gasteiger partial charge >= 0.3 is 0 Å². The number of fused-ring (bicyclic) bond motifs is 1. The lowest BCUT2D eigenvalue weighted by molar-refractivity contribution is 0.0950. The third kappa shape index (κ3) is 4.16. The molecule has 1 aliphatic rings. The van der Waals surface area contributed by atoms with Crippen LogP contribution < -0.4 is 15.4 Å². The van der Waals surface area contributed by atoms with Gasteiger partial charge in [-0.2, -0.15) is 0 Å². The van der Waals surface area contributed by atoms with Gasteiger partial charge in [0.15, 0.2) is 0 Å². The average Bonchev–Trinajstić information content (AvgIpc) is 2.99. The van der Waals surface area contributed by atoms with E-state index in [4.69, 9.17) is 4.74 Å². The number of rotatable bonds is 5. The molecule has 0 saturated heterocycles. The number of amides is 1. The maximum Gasteiger partial charge on any atom is 0.251 e. The smallest absolute Gasteiger partial charge is 0.251 e. The largest absolute Gasteiger partial charge is 0.491 e. The minimum absolute atomic E-state index is 0.0650. The third-order valence-electron chi connectivity index (χ3n) is 3.86. The van der Waals surface area contributed by atoms with Crippen molar-refractivity contribution < 1.29 is 9.53 Å². The van der Waals surface area contributed by atoms with Gasteiger partial charge in [-0.25, -0.2) is 0 Å². The zero-order valence-corrected chi connectivity index (χ0v) is 15.4. The lowest BCUT2D eigenvalue weighted by atomic mass is 10.1. The number of hydrogen-bond donors (Lipinski definition) is 2. The van der Waals surface area contributed by atoms with E-state index in [-0.39, 0.29) is 12.0 Å². The fourth-order valence-corrected chi connectivity index (χ4v) is 3.25. The fourth-order valence-electron chi connectivity index (χ4n) is 2.78. The standard InChI is InChI=1S/C19H21BrN2O2/c1-12(2)24-18-7-15(6-17(20)8-18)19(23)22-9-13-3-4-14-10-21-11-16(14)5-13/h3-8,12,21H,9-11H2,1-2H3,(H,22,23). The maximum absolute atomic E-state index is 12.4. The normalized spacial score (nSPS) is 13.0. The van der Waals surface area contributed by atoms with Crippen molar-refractivity contribution >= 4 is 21.8 Å². The van der Waals surface area contributed by atoms with Crippen molar-refractivity contribution in [3.63, 3.8) is 0 Å². The Labute approximate surface area is 150 Å². The molecule has 0 radical (unpaired) electrons. The summed E-state index contributed by atoms with van der Waals surface area (Å²) in [5.74, 6) is 0.580.